The van der Waals surface area contributed by atoms with Gasteiger partial charge in [0, 0.05) is 20.1 Å². The average molecular weight is 233 g/mol. The Kier molecular flexibility index (Phi) is 6.48. The average Bonchev–Trinajstić information content (AvgIpc) is 2.32. The first-order valence-electron chi connectivity index (χ1n) is 4.91. The van der Waals surface area contributed by atoms with E-state index in [9.17, 15) is 9.59 Å². The molecule has 1 amide bonds. The lowest BCUT2D eigenvalue weighted by atomic mass is 10.00. The molecule has 6 heteroatoms. The standard InChI is InChI=1S/C10H19NO5/c1-10(16-4,6-5-8(12)14-2)7-11-9(13)15-3/h5-7H2,1-4H3,(H,11,13). The van der Waals surface area contributed by atoms with Crippen LogP contribution in [0.25, 0.3) is 0 Å². The van der Waals surface area contributed by atoms with E-state index >= 15 is 0 Å². The summed E-state index contributed by atoms with van der Waals surface area (Å²) in [6, 6.07) is 0. The van der Waals surface area contributed by atoms with Crippen LogP contribution in [0, 0.1) is 0 Å². The van der Waals surface area contributed by atoms with Gasteiger partial charge in [0.1, 0.15) is 0 Å². The highest BCUT2D eigenvalue weighted by Crippen LogP contribution is 2.16. The lowest BCUT2D eigenvalue weighted by molar-refractivity contribution is -0.142. The van der Waals surface area contributed by atoms with Crippen LogP contribution in [0.2, 0.25) is 0 Å². The fraction of sp³-hybridized carbons (Fsp3) is 0.800. The normalized spacial score (nSPS) is 13.8. The Morgan fingerprint density at radius 3 is 2.25 bits per heavy atom. The van der Waals surface area contributed by atoms with Crippen molar-refractivity contribution >= 4 is 12.1 Å². The van der Waals surface area contributed by atoms with Gasteiger partial charge in [0.05, 0.1) is 19.8 Å². The van der Waals surface area contributed by atoms with Gasteiger partial charge in [-0.1, -0.05) is 0 Å². The molecule has 0 fully saturated rings. The summed E-state index contributed by atoms with van der Waals surface area (Å²) in [5.74, 6) is -0.304. The number of amides is 1. The largest absolute Gasteiger partial charge is 0.469 e. The van der Waals surface area contributed by atoms with E-state index in [-0.39, 0.29) is 18.9 Å². The van der Waals surface area contributed by atoms with Crippen LogP contribution in [-0.4, -0.2) is 45.5 Å². The summed E-state index contributed by atoms with van der Waals surface area (Å²) < 4.78 is 14.2. The van der Waals surface area contributed by atoms with Gasteiger partial charge in [0.2, 0.25) is 0 Å². The molecule has 0 saturated heterocycles. The number of ether oxygens (including phenoxy) is 3. The highest BCUT2D eigenvalue weighted by Gasteiger charge is 2.25. The first-order valence-corrected chi connectivity index (χ1v) is 4.91. The van der Waals surface area contributed by atoms with Crippen molar-refractivity contribution in [1.82, 2.24) is 5.32 Å². The van der Waals surface area contributed by atoms with E-state index in [0.717, 1.165) is 0 Å². The molecule has 0 spiro atoms. The molecule has 1 atom stereocenters. The van der Waals surface area contributed by atoms with Crippen molar-refractivity contribution in [2.45, 2.75) is 25.4 Å². The Balaban J connectivity index is 4.09. The fourth-order valence-electron chi connectivity index (χ4n) is 1.06. The Morgan fingerprint density at radius 2 is 1.81 bits per heavy atom. The third kappa shape index (κ3) is 5.55. The van der Waals surface area contributed by atoms with Gasteiger partial charge in [-0.2, -0.15) is 0 Å². The number of nitrogens with one attached hydrogen (secondary N) is 1. The SMILES string of the molecule is COC(=O)CCC(C)(CNC(=O)OC)OC. The van der Waals surface area contributed by atoms with Crippen LogP contribution in [0.3, 0.4) is 0 Å². The second-order valence-corrected chi connectivity index (χ2v) is 3.58. The van der Waals surface area contributed by atoms with Crippen LogP contribution in [0.4, 0.5) is 4.79 Å². The number of esters is 1. The van der Waals surface area contributed by atoms with Gasteiger partial charge in [-0.05, 0) is 13.3 Å². The minimum absolute atomic E-state index is 0.240. The van der Waals surface area contributed by atoms with Crippen LogP contribution >= 0.6 is 0 Å². The monoisotopic (exact) mass is 233 g/mol. The maximum Gasteiger partial charge on any atom is 0.406 e. The number of alkyl carbamates (subject to hydrolysis) is 1. The third-order valence-electron chi connectivity index (χ3n) is 2.37. The van der Waals surface area contributed by atoms with Crippen LogP contribution in [0.1, 0.15) is 19.8 Å². The van der Waals surface area contributed by atoms with Gasteiger partial charge >= 0.3 is 12.1 Å². The van der Waals surface area contributed by atoms with Crippen molar-refractivity contribution in [2.24, 2.45) is 0 Å². The fourth-order valence-corrected chi connectivity index (χ4v) is 1.06. The summed E-state index contributed by atoms with van der Waals surface area (Å²) >= 11 is 0. The number of carbonyl (C=O) groups excluding carboxylic acids is 2. The van der Waals surface area contributed by atoms with E-state index < -0.39 is 11.7 Å². The van der Waals surface area contributed by atoms with E-state index in [1.807, 2.05) is 0 Å². The molecule has 0 rings (SSSR count). The number of methoxy groups -OCH3 is 3. The molecular formula is C10H19NO5. The molecule has 0 saturated carbocycles. The molecule has 0 aromatic rings. The van der Waals surface area contributed by atoms with Crippen molar-refractivity contribution in [3.05, 3.63) is 0 Å². The van der Waals surface area contributed by atoms with Gasteiger partial charge in [-0.25, -0.2) is 4.79 Å². The molecule has 0 heterocycles. The van der Waals surface area contributed by atoms with Gasteiger partial charge in [-0.15, -0.1) is 0 Å². The topological polar surface area (TPSA) is 73.9 Å². The Morgan fingerprint density at radius 1 is 1.19 bits per heavy atom. The summed E-state index contributed by atoms with van der Waals surface area (Å²) in [5.41, 5.74) is -0.609. The molecule has 6 nitrogen and oxygen atoms in total. The molecule has 0 aromatic heterocycles. The minimum Gasteiger partial charge on any atom is -0.469 e. The number of hydrogen-bond acceptors (Lipinski definition) is 5. The molecule has 1 unspecified atom stereocenters. The van der Waals surface area contributed by atoms with Crippen molar-refractivity contribution in [2.75, 3.05) is 27.9 Å². The summed E-state index contributed by atoms with van der Waals surface area (Å²) in [7, 11) is 4.14. The molecule has 0 aliphatic carbocycles. The zero-order valence-corrected chi connectivity index (χ0v) is 10.2. The van der Waals surface area contributed by atoms with Gasteiger partial charge in [0.15, 0.2) is 0 Å². The molecule has 0 radical (unpaired) electrons. The Labute approximate surface area is 95.2 Å². The number of rotatable bonds is 6. The van der Waals surface area contributed by atoms with E-state index in [2.05, 4.69) is 14.8 Å². The molecule has 1 N–H and O–H groups in total. The Hall–Kier alpha value is -1.30. The Bertz CT molecular complexity index is 221. The van der Waals surface area contributed by atoms with Crippen molar-refractivity contribution in [1.29, 1.82) is 0 Å². The van der Waals surface area contributed by atoms with Crippen molar-refractivity contribution in [3.8, 4) is 0 Å². The molecule has 0 aliphatic rings. The van der Waals surface area contributed by atoms with E-state index in [1.165, 1.54) is 21.3 Å². The van der Waals surface area contributed by atoms with Crippen molar-refractivity contribution in [3.63, 3.8) is 0 Å². The predicted molar refractivity (Wildman–Crippen MR) is 57.1 cm³/mol. The molecule has 16 heavy (non-hydrogen) atoms. The first kappa shape index (κ1) is 14.7. The van der Waals surface area contributed by atoms with E-state index in [4.69, 9.17) is 4.74 Å². The maximum absolute atomic E-state index is 11.0. The van der Waals surface area contributed by atoms with E-state index in [0.29, 0.717) is 6.42 Å². The molecule has 0 aliphatic heterocycles. The lowest BCUT2D eigenvalue weighted by Gasteiger charge is -2.27. The highest BCUT2D eigenvalue weighted by atomic mass is 16.5. The predicted octanol–water partition coefficient (Wildman–Crippen LogP) is 0.701. The molecular weight excluding hydrogens is 214 g/mol. The summed E-state index contributed by atoms with van der Waals surface area (Å²) in [6.45, 7) is 2.07. The minimum atomic E-state index is -0.609. The zero-order chi connectivity index (χ0) is 12.6. The van der Waals surface area contributed by atoms with Crippen molar-refractivity contribution < 1.29 is 23.8 Å². The first-order chi connectivity index (χ1) is 7.47. The number of carbonyl (C=O) groups is 2. The maximum atomic E-state index is 11.0. The number of hydrogen-bond donors (Lipinski definition) is 1. The third-order valence-corrected chi connectivity index (χ3v) is 2.37. The summed E-state index contributed by atoms with van der Waals surface area (Å²) in [6.07, 6.45) is 0.172. The molecule has 0 aromatic carbocycles. The van der Waals surface area contributed by atoms with Gasteiger partial charge < -0.3 is 19.5 Å². The molecule has 0 bridgehead atoms. The van der Waals surface area contributed by atoms with E-state index in [1.54, 1.807) is 6.92 Å². The molecule has 94 valence electrons. The second kappa shape index (κ2) is 7.05. The quantitative estimate of drug-likeness (QED) is 0.683. The van der Waals surface area contributed by atoms with Crippen LogP contribution < -0.4 is 5.32 Å². The van der Waals surface area contributed by atoms with Crippen LogP contribution in [0.5, 0.6) is 0 Å². The summed E-state index contributed by atoms with van der Waals surface area (Å²) in [4.78, 5) is 21.9. The van der Waals surface area contributed by atoms with Gasteiger partial charge in [0.25, 0.3) is 0 Å². The van der Waals surface area contributed by atoms with Gasteiger partial charge in [-0.3, -0.25) is 4.79 Å². The van der Waals surface area contributed by atoms with Crippen LogP contribution in [0.15, 0.2) is 0 Å². The second-order valence-electron chi connectivity index (χ2n) is 3.58. The lowest BCUT2D eigenvalue weighted by Crippen LogP contribution is -2.42. The van der Waals surface area contributed by atoms with Crippen LogP contribution in [-0.2, 0) is 19.0 Å². The summed E-state index contributed by atoms with van der Waals surface area (Å²) in [5, 5.41) is 2.53. The zero-order valence-electron chi connectivity index (χ0n) is 10.2. The highest BCUT2D eigenvalue weighted by molar-refractivity contribution is 5.69. The smallest absolute Gasteiger partial charge is 0.406 e.